The van der Waals surface area contributed by atoms with E-state index < -0.39 is 36.7 Å². The maximum Gasteiger partial charge on any atom is 0.425 e. The van der Waals surface area contributed by atoms with E-state index in [9.17, 15) is 19.8 Å². The second-order valence-electron chi connectivity index (χ2n) is 10.1. The first-order valence-corrected chi connectivity index (χ1v) is 13.1. The second-order valence-corrected chi connectivity index (χ2v) is 10.1. The van der Waals surface area contributed by atoms with Crippen molar-refractivity contribution < 1.29 is 34.0 Å². The highest BCUT2D eigenvalue weighted by Gasteiger charge is 2.61. The van der Waals surface area contributed by atoms with Crippen molar-refractivity contribution in [3.63, 3.8) is 0 Å². The Hall–Kier alpha value is -4.43. The van der Waals surface area contributed by atoms with E-state index in [0.29, 0.717) is 11.4 Å². The first-order valence-electron chi connectivity index (χ1n) is 13.1. The van der Waals surface area contributed by atoms with Gasteiger partial charge in [-0.15, -0.1) is 0 Å². The molecule has 4 heterocycles. The Morgan fingerprint density at radius 3 is 2.37 bits per heavy atom. The number of imidazole rings is 1. The molecule has 2 aromatic heterocycles. The van der Waals surface area contributed by atoms with Crippen LogP contribution in [-0.4, -0.2) is 72.8 Å². The molecule has 0 spiro atoms. The number of nitrogens with one attached hydrogen (secondary N) is 1. The lowest BCUT2D eigenvalue weighted by Gasteiger charge is -2.29. The SMILES string of the molecule is CC(C)C(=O)Nc1nc(OC(=O)N(c2ccccc2)c2ccccc2)c2ncn([C@@H]3O[C@@]4(CO)CO[C@H]3C4O)c2n1. The molecule has 41 heavy (non-hydrogen) atoms. The van der Waals surface area contributed by atoms with Crippen LogP contribution in [-0.2, 0) is 14.3 Å². The van der Waals surface area contributed by atoms with Crippen LogP contribution in [0.2, 0.25) is 0 Å². The molecule has 2 fully saturated rings. The van der Waals surface area contributed by atoms with Gasteiger partial charge in [-0.2, -0.15) is 9.97 Å². The average molecular weight is 561 g/mol. The molecule has 2 amide bonds. The highest BCUT2D eigenvalue weighted by atomic mass is 16.7. The summed E-state index contributed by atoms with van der Waals surface area (Å²) in [7, 11) is 0. The highest BCUT2D eigenvalue weighted by Crippen LogP contribution is 2.45. The maximum absolute atomic E-state index is 13.7. The van der Waals surface area contributed by atoms with Crippen molar-refractivity contribution in [2.45, 2.75) is 37.9 Å². The predicted molar refractivity (Wildman–Crippen MR) is 146 cm³/mol. The smallest absolute Gasteiger partial charge is 0.393 e. The van der Waals surface area contributed by atoms with Crippen LogP contribution < -0.4 is 15.0 Å². The molecular formula is C28H28N6O7. The standard InChI is InChI=1S/C28H28N6O7/c1-16(2)23(37)31-26-30-22-19(29-15-33(22)25-20-21(36)28(13-35,41-25)14-39-20)24(32-26)40-27(38)34(17-9-5-3-6-10-17)18-11-7-4-8-12-18/h3-12,15-16,20-21,25,35-36H,13-14H2,1-2H3,(H,30,31,32,37)/t20-,21?,25+,28-/m0/s1. The Labute approximate surface area is 234 Å². The van der Waals surface area contributed by atoms with Crippen LogP contribution in [0.1, 0.15) is 20.1 Å². The minimum Gasteiger partial charge on any atom is -0.393 e. The molecule has 2 bridgehead atoms. The molecule has 0 saturated carbocycles. The Bertz CT molecular complexity index is 1540. The molecule has 2 saturated heterocycles. The number of carbonyl (C=O) groups is 2. The second kappa shape index (κ2) is 10.5. The van der Waals surface area contributed by atoms with Gasteiger partial charge in [0, 0.05) is 5.92 Å². The topological polar surface area (TPSA) is 161 Å². The van der Waals surface area contributed by atoms with Crippen molar-refractivity contribution >= 4 is 40.5 Å². The lowest BCUT2D eigenvalue weighted by molar-refractivity contribution is -0.185. The minimum atomic E-state index is -1.28. The number of hydrogen-bond donors (Lipinski definition) is 3. The first-order chi connectivity index (χ1) is 19.8. The fraction of sp³-hybridized carbons (Fsp3) is 0.321. The average Bonchev–Trinajstić information content (AvgIpc) is 3.63. The number of benzene rings is 2. The van der Waals surface area contributed by atoms with E-state index in [4.69, 9.17) is 14.2 Å². The van der Waals surface area contributed by atoms with Gasteiger partial charge in [0.15, 0.2) is 17.4 Å². The summed E-state index contributed by atoms with van der Waals surface area (Å²) in [4.78, 5) is 40.8. The van der Waals surface area contributed by atoms with Crippen LogP contribution in [0, 0.1) is 5.92 Å². The molecule has 1 unspecified atom stereocenters. The van der Waals surface area contributed by atoms with Crippen molar-refractivity contribution in [3.8, 4) is 5.88 Å². The summed E-state index contributed by atoms with van der Waals surface area (Å²) in [6.45, 7) is 3.01. The Kier molecular flexibility index (Phi) is 6.87. The largest absolute Gasteiger partial charge is 0.425 e. The number of nitrogens with zero attached hydrogens (tertiary/aromatic N) is 5. The summed E-state index contributed by atoms with van der Waals surface area (Å²) in [5, 5.41) is 23.2. The summed E-state index contributed by atoms with van der Waals surface area (Å²) in [6, 6.07) is 17.9. The third kappa shape index (κ3) is 4.68. The van der Waals surface area contributed by atoms with Crippen molar-refractivity contribution in [2.75, 3.05) is 23.4 Å². The summed E-state index contributed by atoms with van der Waals surface area (Å²) in [5.41, 5.74) is 0.108. The number of carbonyl (C=O) groups excluding carboxylic acids is 2. The summed E-state index contributed by atoms with van der Waals surface area (Å²) in [6.07, 6.45) is -2.16. The Morgan fingerprint density at radius 2 is 1.78 bits per heavy atom. The number of hydrogen-bond acceptors (Lipinski definition) is 10. The van der Waals surface area contributed by atoms with E-state index >= 15 is 0 Å². The van der Waals surface area contributed by atoms with Gasteiger partial charge in [-0.1, -0.05) is 50.2 Å². The quantitative estimate of drug-likeness (QED) is 0.306. The Balaban J connectivity index is 1.41. The Morgan fingerprint density at radius 1 is 1.12 bits per heavy atom. The fourth-order valence-corrected chi connectivity index (χ4v) is 4.86. The molecule has 2 aliphatic rings. The fourth-order valence-electron chi connectivity index (χ4n) is 4.86. The minimum absolute atomic E-state index is 0.0286. The predicted octanol–water partition coefficient (Wildman–Crippen LogP) is 2.78. The molecule has 13 nitrogen and oxygen atoms in total. The number of amides is 2. The van der Waals surface area contributed by atoms with Crippen molar-refractivity contribution in [3.05, 3.63) is 67.0 Å². The third-order valence-electron chi connectivity index (χ3n) is 7.09. The summed E-state index contributed by atoms with van der Waals surface area (Å²) < 4.78 is 19.1. The van der Waals surface area contributed by atoms with Gasteiger partial charge in [-0.25, -0.2) is 14.7 Å². The van der Waals surface area contributed by atoms with Gasteiger partial charge in [0.05, 0.1) is 30.9 Å². The number of rotatable bonds is 7. The zero-order valence-electron chi connectivity index (χ0n) is 22.2. The first kappa shape index (κ1) is 26.8. The molecule has 212 valence electrons. The van der Waals surface area contributed by atoms with Crippen molar-refractivity contribution in [2.24, 2.45) is 5.92 Å². The molecule has 2 aromatic carbocycles. The van der Waals surface area contributed by atoms with E-state index in [1.54, 1.807) is 62.4 Å². The monoisotopic (exact) mass is 560 g/mol. The van der Waals surface area contributed by atoms with Gasteiger partial charge in [-0.05, 0) is 24.3 Å². The van der Waals surface area contributed by atoms with Crippen LogP contribution in [0.25, 0.3) is 11.2 Å². The number of aliphatic hydroxyl groups excluding tert-OH is 2. The van der Waals surface area contributed by atoms with Gasteiger partial charge in [0.1, 0.15) is 17.8 Å². The van der Waals surface area contributed by atoms with Crippen LogP contribution >= 0.6 is 0 Å². The molecule has 13 heteroatoms. The van der Waals surface area contributed by atoms with Gasteiger partial charge in [0.25, 0.3) is 5.88 Å². The van der Waals surface area contributed by atoms with E-state index in [1.165, 1.54) is 15.8 Å². The van der Waals surface area contributed by atoms with E-state index in [-0.39, 0.29) is 41.4 Å². The molecule has 0 radical (unpaired) electrons. The number of para-hydroxylation sites is 2. The molecule has 2 aliphatic heterocycles. The van der Waals surface area contributed by atoms with E-state index in [0.717, 1.165) is 0 Å². The molecular weight excluding hydrogens is 532 g/mol. The lowest BCUT2D eigenvalue weighted by atomic mass is 10.0. The van der Waals surface area contributed by atoms with Gasteiger partial charge in [0.2, 0.25) is 11.9 Å². The summed E-state index contributed by atoms with van der Waals surface area (Å²) in [5.74, 6) is -1.04. The van der Waals surface area contributed by atoms with Crippen LogP contribution in [0.4, 0.5) is 22.1 Å². The molecule has 3 N–H and O–H groups in total. The normalized spacial score (nSPS) is 23.2. The lowest BCUT2D eigenvalue weighted by Crippen LogP contribution is -2.44. The van der Waals surface area contributed by atoms with Gasteiger partial charge in [-0.3, -0.25) is 14.7 Å². The number of aliphatic hydroxyl groups is 2. The van der Waals surface area contributed by atoms with Gasteiger partial charge >= 0.3 is 6.09 Å². The zero-order valence-corrected chi connectivity index (χ0v) is 22.2. The van der Waals surface area contributed by atoms with Crippen LogP contribution in [0.3, 0.4) is 0 Å². The zero-order chi connectivity index (χ0) is 28.7. The number of anilines is 3. The van der Waals surface area contributed by atoms with Crippen molar-refractivity contribution in [1.29, 1.82) is 0 Å². The number of fused-ring (bicyclic) bond motifs is 3. The summed E-state index contributed by atoms with van der Waals surface area (Å²) >= 11 is 0. The highest BCUT2D eigenvalue weighted by molar-refractivity contribution is 5.98. The number of ether oxygens (including phenoxy) is 3. The van der Waals surface area contributed by atoms with Crippen molar-refractivity contribution in [1.82, 2.24) is 19.5 Å². The molecule has 4 aromatic rings. The third-order valence-corrected chi connectivity index (χ3v) is 7.09. The van der Waals surface area contributed by atoms with Gasteiger partial charge < -0.3 is 24.4 Å². The van der Waals surface area contributed by atoms with Crippen LogP contribution in [0.15, 0.2) is 67.0 Å². The van der Waals surface area contributed by atoms with E-state index in [1.807, 2.05) is 12.1 Å². The number of aromatic nitrogens is 4. The maximum atomic E-state index is 13.7. The molecule has 0 aliphatic carbocycles. The van der Waals surface area contributed by atoms with E-state index in [2.05, 4.69) is 20.3 Å². The molecule has 6 rings (SSSR count). The molecule has 4 atom stereocenters. The van der Waals surface area contributed by atoms with Crippen LogP contribution in [0.5, 0.6) is 5.88 Å².